The number of anilines is 1. The number of benzene rings is 1. The number of piperazine rings is 1. The van der Waals surface area contributed by atoms with E-state index in [1.165, 1.54) is 30.5 Å². The van der Waals surface area contributed by atoms with Crippen LogP contribution in [0.15, 0.2) is 48.9 Å². The number of ether oxygens (including phenoxy) is 1. The van der Waals surface area contributed by atoms with Crippen molar-refractivity contribution in [2.24, 2.45) is 5.73 Å². The maximum atomic E-state index is 12.9. The Morgan fingerprint density at radius 2 is 1.94 bits per heavy atom. The summed E-state index contributed by atoms with van der Waals surface area (Å²) < 4.78 is 5.89. The first-order valence-electron chi connectivity index (χ1n) is 11.8. The van der Waals surface area contributed by atoms with E-state index in [0.29, 0.717) is 25.7 Å². The average Bonchev–Trinajstić information content (AvgIpc) is 3.28. The molecule has 1 unspecified atom stereocenters. The smallest absolute Gasteiger partial charge is 0.259 e. The molecule has 2 saturated heterocycles. The van der Waals surface area contributed by atoms with Gasteiger partial charge in [0.15, 0.2) is 5.82 Å². The molecule has 0 radical (unpaired) electrons. The van der Waals surface area contributed by atoms with Crippen LogP contribution in [0, 0.1) is 0 Å². The zero-order chi connectivity index (χ0) is 23.9. The molecule has 3 heterocycles. The van der Waals surface area contributed by atoms with Gasteiger partial charge in [0.1, 0.15) is 12.3 Å². The van der Waals surface area contributed by atoms with Gasteiger partial charge in [-0.3, -0.25) is 9.59 Å². The maximum absolute atomic E-state index is 12.9. The van der Waals surface area contributed by atoms with E-state index in [4.69, 9.17) is 10.5 Å². The highest BCUT2D eigenvalue weighted by Gasteiger charge is 2.30. The van der Waals surface area contributed by atoms with Gasteiger partial charge in [-0.05, 0) is 63.1 Å². The molecule has 0 bridgehead atoms. The van der Waals surface area contributed by atoms with E-state index >= 15 is 0 Å². The molecule has 34 heavy (non-hydrogen) atoms. The van der Waals surface area contributed by atoms with Crippen LogP contribution in [0.5, 0.6) is 5.75 Å². The lowest BCUT2D eigenvalue weighted by Gasteiger charge is -2.34. The molecule has 2 fully saturated rings. The zero-order valence-corrected chi connectivity index (χ0v) is 19.6. The van der Waals surface area contributed by atoms with Crippen molar-refractivity contribution in [2.45, 2.75) is 32.2 Å². The number of nitrogens with two attached hydrogens (primary N) is 1. The topological polar surface area (TPSA) is 105 Å². The molecule has 2 amide bonds. The van der Waals surface area contributed by atoms with Gasteiger partial charge in [0.05, 0.1) is 12.2 Å². The summed E-state index contributed by atoms with van der Waals surface area (Å²) in [5, 5.41) is 0. The van der Waals surface area contributed by atoms with E-state index in [1.807, 2.05) is 24.3 Å². The molecular formula is C25H32N6O3. The molecule has 9 heteroatoms. The minimum atomic E-state index is -0.353. The minimum Gasteiger partial charge on any atom is -0.494 e. The van der Waals surface area contributed by atoms with Crippen molar-refractivity contribution in [2.75, 3.05) is 44.2 Å². The highest BCUT2D eigenvalue weighted by molar-refractivity contribution is 6.19. The molecule has 1 aromatic heterocycles. The van der Waals surface area contributed by atoms with Crippen LogP contribution in [-0.4, -0.2) is 77.0 Å². The molecule has 4 rings (SSSR count). The van der Waals surface area contributed by atoms with Crippen LogP contribution in [0.25, 0.3) is 5.57 Å². The van der Waals surface area contributed by atoms with Crippen LogP contribution in [0.4, 0.5) is 5.69 Å². The third kappa shape index (κ3) is 5.53. The van der Waals surface area contributed by atoms with Gasteiger partial charge >= 0.3 is 0 Å². The number of likely N-dealkylation sites (tertiary alicyclic amines) is 1. The number of nitrogens with zero attached hydrogens (tertiary/aromatic N) is 5. The van der Waals surface area contributed by atoms with Gasteiger partial charge in [-0.1, -0.05) is 0 Å². The fourth-order valence-corrected chi connectivity index (χ4v) is 4.47. The summed E-state index contributed by atoms with van der Waals surface area (Å²) in [6, 6.07) is 9.89. The lowest BCUT2D eigenvalue weighted by atomic mass is 10.2. The highest BCUT2D eigenvalue weighted by atomic mass is 16.5. The Morgan fingerprint density at radius 3 is 2.59 bits per heavy atom. The number of hydrogen-bond acceptors (Lipinski definition) is 7. The largest absolute Gasteiger partial charge is 0.494 e. The van der Waals surface area contributed by atoms with Crippen LogP contribution < -0.4 is 15.4 Å². The first kappa shape index (κ1) is 23.7. The first-order valence-corrected chi connectivity index (χ1v) is 11.8. The predicted molar refractivity (Wildman–Crippen MR) is 130 cm³/mol. The Hall–Kier alpha value is -3.46. The Kier molecular flexibility index (Phi) is 7.74. The van der Waals surface area contributed by atoms with E-state index in [9.17, 15) is 9.59 Å². The Morgan fingerprint density at radius 1 is 1.18 bits per heavy atom. The number of aromatic nitrogens is 2. The van der Waals surface area contributed by atoms with Gasteiger partial charge in [-0.2, -0.15) is 0 Å². The standard InChI is InChI=1S/C25H32N6O3/c1-19-5-2-12-29(19)13-4-16-34-21-8-6-20(7-9-21)31-15-14-30(18-23(31)32)25(33)22(17-26)24-27-10-3-11-28-24/h3,6-11,17,19H,2,4-5,12-16,18,26H2,1H3/b22-17+. The molecule has 1 atom stereocenters. The third-order valence-corrected chi connectivity index (χ3v) is 6.41. The number of rotatable bonds is 8. The monoisotopic (exact) mass is 464 g/mol. The van der Waals surface area contributed by atoms with E-state index in [1.54, 1.807) is 23.4 Å². The summed E-state index contributed by atoms with van der Waals surface area (Å²) in [7, 11) is 0. The van der Waals surface area contributed by atoms with Crippen LogP contribution >= 0.6 is 0 Å². The lowest BCUT2D eigenvalue weighted by molar-refractivity contribution is -0.132. The van der Waals surface area contributed by atoms with Crippen LogP contribution in [0.2, 0.25) is 0 Å². The third-order valence-electron chi connectivity index (χ3n) is 6.41. The van der Waals surface area contributed by atoms with Crippen LogP contribution in [-0.2, 0) is 9.59 Å². The molecule has 0 spiro atoms. The maximum Gasteiger partial charge on any atom is 0.259 e. The van der Waals surface area contributed by atoms with Crippen LogP contribution in [0.1, 0.15) is 32.0 Å². The molecular weight excluding hydrogens is 432 g/mol. The average molecular weight is 465 g/mol. The quantitative estimate of drug-likeness (QED) is 0.470. The van der Waals surface area contributed by atoms with Gasteiger partial charge in [0.25, 0.3) is 5.91 Å². The predicted octanol–water partition coefficient (Wildman–Crippen LogP) is 1.90. The molecule has 2 aliphatic heterocycles. The summed E-state index contributed by atoms with van der Waals surface area (Å²) in [5.74, 6) is 0.530. The second kappa shape index (κ2) is 11.1. The second-order valence-electron chi connectivity index (χ2n) is 8.65. The first-order chi connectivity index (χ1) is 16.6. The van der Waals surface area contributed by atoms with E-state index in [0.717, 1.165) is 24.4 Å². The molecule has 180 valence electrons. The van der Waals surface area contributed by atoms with E-state index in [-0.39, 0.29) is 29.8 Å². The van der Waals surface area contributed by atoms with Gasteiger partial charge in [-0.25, -0.2) is 9.97 Å². The highest BCUT2D eigenvalue weighted by Crippen LogP contribution is 2.23. The van der Waals surface area contributed by atoms with Crippen LogP contribution in [0.3, 0.4) is 0 Å². The SMILES string of the molecule is CC1CCCN1CCCOc1ccc(N2CCN(C(=O)/C(=C/N)c3ncccn3)CC2=O)cc1. The van der Waals surface area contributed by atoms with E-state index < -0.39 is 0 Å². The van der Waals surface area contributed by atoms with E-state index in [2.05, 4.69) is 21.8 Å². The van der Waals surface area contributed by atoms with Gasteiger partial charge in [-0.15, -0.1) is 0 Å². The summed E-state index contributed by atoms with van der Waals surface area (Å²) in [5.41, 5.74) is 6.63. The zero-order valence-electron chi connectivity index (χ0n) is 19.6. The van der Waals surface area contributed by atoms with Gasteiger partial charge in [0, 0.05) is 50.0 Å². The number of hydrogen-bond donors (Lipinski definition) is 1. The van der Waals surface area contributed by atoms with Gasteiger partial charge in [0.2, 0.25) is 5.91 Å². The summed E-state index contributed by atoms with van der Waals surface area (Å²) >= 11 is 0. The van der Waals surface area contributed by atoms with Crippen molar-refractivity contribution < 1.29 is 14.3 Å². The normalized spacial score (nSPS) is 19.5. The van der Waals surface area contributed by atoms with Crippen molar-refractivity contribution in [1.82, 2.24) is 19.8 Å². The van der Waals surface area contributed by atoms with Crippen molar-refractivity contribution in [3.8, 4) is 5.75 Å². The summed E-state index contributed by atoms with van der Waals surface area (Å²) in [4.78, 5) is 39.6. The Labute approximate surface area is 200 Å². The summed E-state index contributed by atoms with van der Waals surface area (Å²) in [6.07, 6.45) is 7.85. The van der Waals surface area contributed by atoms with Crippen molar-refractivity contribution >= 4 is 23.1 Å². The Balaban J connectivity index is 1.27. The molecule has 1 aromatic carbocycles. The molecule has 2 N–H and O–H groups in total. The van der Waals surface area contributed by atoms with Gasteiger partial charge < -0.3 is 25.2 Å². The molecule has 0 saturated carbocycles. The lowest BCUT2D eigenvalue weighted by Crippen LogP contribution is -2.52. The molecule has 2 aromatic rings. The fourth-order valence-electron chi connectivity index (χ4n) is 4.47. The molecule has 2 aliphatic rings. The van der Waals surface area contributed by atoms with Crippen molar-refractivity contribution in [3.05, 3.63) is 54.7 Å². The fraction of sp³-hybridized carbons (Fsp3) is 0.440. The van der Waals surface area contributed by atoms with Crippen molar-refractivity contribution in [3.63, 3.8) is 0 Å². The second-order valence-corrected chi connectivity index (χ2v) is 8.65. The number of amides is 2. The number of carbonyl (C=O) groups excluding carboxylic acids is 2. The summed E-state index contributed by atoms with van der Waals surface area (Å²) in [6.45, 7) is 5.96. The number of carbonyl (C=O) groups is 2. The minimum absolute atomic E-state index is 0.0316. The Bertz CT molecular complexity index is 1010. The molecule has 9 nitrogen and oxygen atoms in total. The molecule has 0 aliphatic carbocycles. The van der Waals surface area contributed by atoms with Crippen molar-refractivity contribution in [1.29, 1.82) is 0 Å².